The predicted octanol–water partition coefficient (Wildman–Crippen LogP) is 3.05. The maximum atomic E-state index is 12.1. The van der Waals surface area contributed by atoms with E-state index >= 15 is 0 Å². The summed E-state index contributed by atoms with van der Waals surface area (Å²) in [5.74, 6) is 1.06. The molecule has 0 aliphatic rings. The van der Waals surface area contributed by atoms with Crippen LogP contribution in [-0.4, -0.2) is 35.2 Å². The molecule has 152 valence electrons. The van der Waals surface area contributed by atoms with Crippen LogP contribution in [0.2, 0.25) is 0 Å². The second kappa shape index (κ2) is 10.4. The minimum Gasteiger partial charge on any atom is -0.356 e. The number of guanidine groups is 1. The summed E-state index contributed by atoms with van der Waals surface area (Å²) in [4.78, 5) is 17.8. The number of amides is 1. The number of nitrogens with zero attached hydrogens (tertiary/aromatic N) is 3. The molecule has 3 N–H and O–H groups in total. The molecule has 8 heteroatoms. The van der Waals surface area contributed by atoms with Gasteiger partial charge in [-0.25, -0.2) is 0 Å². The molecule has 0 fully saturated rings. The Bertz CT molecular complexity index is 921. The molecule has 1 unspecified atom stereocenters. The van der Waals surface area contributed by atoms with Crippen molar-refractivity contribution in [2.45, 2.75) is 25.9 Å². The lowest BCUT2D eigenvalue weighted by molar-refractivity contribution is -0.116. The first-order valence-electron chi connectivity index (χ1n) is 9.48. The molecule has 1 atom stereocenters. The normalized spacial score (nSPS) is 12.4. The molecule has 0 saturated heterocycles. The number of thiophene rings is 1. The lowest BCUT2D eigenvalue weighted by Gasteiger charge is -2.15. The monoisotopic (exact) mass is 410 g/mol. The highest BCUT2D eigenvalue weighted by Gasteiger charge is 2.08. The Morgan fingerprint density at radius 1 is 1.24 bits per heavy atom. The molecule has 0 aliphatic carbocycles. The van der Waals surface area contributed by atoms with E-state index < -0.39 is 0 Å². The van der Waals surface area contributed by atoms with Crippen molar-refractivity contribution in [1.29, 1.82) is 0 Å². The quantitative estimate of drug-likeness (QED) is 0.394. The molecule has 1 amide bonds. The number of nitrogens with one attached hydrogen (secondary N) is 3. The number of hydrogen-bond acceptors (Lipinski definition) is 4. The lowest BCUT2D eigenvalue weighted by Crippen LogP contribution is -2.38. The molecule has 2 heterocycles. The molecular formula is C21H26N6OS. The summed E-state index contributed by atoms with van der Waals surface area (Å²) in [6.45, 7) is 3.80. The van der Waals surface area contributed by atoms with Crippen LogP contribution in [-0.2, 0) is 17.9 Å². The second-order valence-corrected chi connectivity index (χ2v) is 7.65. The van der Waals surface area contributed by atoms with Crippen LogP contribution in [0.1, 0.15) is 23.3 Å². The van der Waals surface area contributed by atoms with E-state index in [4.69, 9.17) is 0 Å². The first-order valence-corrected chi connectivity index (χ1v) is 10.4. The van der Waals surface area contributed by atoms with E-state index in [0.717, 1.165) is 23.8 Å². The molecule has 0 radical (unpaired) electrons. The zero-order valence-electron chi connectivity index (χ0n) is 16.6. The van der Waals surface area contributed by atoms with Crippen molar-refractivity contribution in [3.05, 3.63) is 70.7 Å². The van der Waals surface area contributed by atoms with Gasteiger partial charge in [0, 0.05) is 49.0 Å². The average Bonchev–Trinajstić information content (AvgIpc) is 3.42. The molecule has 29 heavy (non-hydrogen) atoms. The second-order valence-electron chi connectivity index (χ2n) is 6.68. The highest BCUT2D eigenvalue weighted by atomic mass is 32.1. The van der Waals surface area contributed by atoms with Crippen LogP contribution in [0.3, 0.4) is 0 Å². The third kappa shape index (κ3) is 6.46. The fourth-order valence-corrected chi connectivity index (χ4v) is 3.62. The van der Waals surface area contributed by atoms with Crippen molar-refractivity contribution in [3.8, 4) is 0 Å². The topological polar surface area (TPSA) is 83.3 Å². The Kier molecular flexibility index (Phi) is 7.40. The van der Waals surface area contributed by atoms with Gasteiger partial charge in [-0.1, -0.05) is 25.1 Å². The van der Waals surface area contributed by atoms with Crippen LogP contribution in [0.25, 0.3) is 0 Å². The van der Waals surface area contributed by atoms with Gasteiger partial charge < -0.3 is 16.0 Å². The van der Waals surface area contributed by atoms with Crippen LogP contribution in [0.5, 0.6) is 0 Å². The van der Waals surface area contributed by atoms with E-state index in [1.807, 2.05) is 24.3 Å². The SMILES string of the molecule is CN=C(NCc1cccc(NC(=O)Cn2cccn2)c1)NCC(C)c1cccs1. The number of anilines is 1. The maximum absolute atomic E-state index is 12.1. The van der Waals surface area contributed by atoms with Crippen molar-refractivity contribution in [2.75, 3.05) is 18.9 Å². The van der Waals surface area contributed by atoms with E-state index in [2.05, 4.69) is 50.5 Å². The number of benzene rings is 1. The summed E-state index contributed by atoms with van der Waals surface area (Å²) in [5, 5.41) is 15.7. The molecule has 7 nitrogen and oxygen atoms in total. The van der Waals surface area contributed by atoms with Gasteiger partial charge in [0.15, 0.2) is 5.96 Å². The largest absolute Gasteiger partial charge is 0.356 e. The number of hydrogen-bond donors (Lipinski definition) is 3. The van der Waals surface area contributed by atoms with Crippen LogP contribution in [0.15, 0.2) is 65.2 Å². The minimum absolute atomic E-state index is 0.112. The van der Waals surface area contributed by atoms with Crippen molar-refractivity contribution in [3.63, 3.8) is 0 Å². The first-order chi connectivity index (χ1) is 14.1. The molecule has 2 aromatic heterocycles. The van der Waals surface area contributed by atoms with Gasteiger partial charge >= 0.3 is 0 Å². The van der Waals surface area contributed by atoms with E-state index in [-0.39, 0.29) is 12.5 Å². The number of carbonyl (C=O) groups is 1. The number of carbonyl (C=O) groups excluding carboxylic acids is 1. The van der Waals surface area contributed by atoms with Gasteiger partial charge in [0.2, 0.25) is 5.91 Å². The summed E-state index contributed by atoms with van der Waals surface area (Å²) >= 11 is 1.77. The number of aliphatic imine (C=N–C) groups is 1. The summed E-state index contributed by atoms with van der Waals surface area (Å²) in [6.07, 6.45) is 3.42. The van der Waals surface area contributed by atoms with Crippen molar-refractivity contribution in [2.24, 2.45) is 4.99 Å². The van der Waals surface area contributed by atoms with E-state index in [0.29, 0.717) is 12.5 Å². The number of aromatic nitrogens is 2. The highest BCUT2D eigenvalue weighted by molar-refractivity contribution is 7.10. The van der Waals surface area contributed by atoms with Crippen LogP contribution < -0.4 is 16.0 Å². The third-order valence-electron chi connectivity index (χ3n) is 4.36. The fraction of sp³-hybridized carbons (Fsp3) is 0.286. The Morgan fingerprint density at radius 3 is 2.86 bits per heavy atom. The Labute approximate surface area is 174 Å². The third-order valence-corrected chi connectivity index (χ3v) is 5.47. The predicted molar refractivity (Wildman–Crippen MR) is 118 cm³/mol. The van der Waals surface area contributed by atoms with E-state index in [9.17, 15) is 4.79 Å². The van der Waals surface area contributed by atoms with Gasteiger partial charge in [-0.15, -0.1) is 11.3 Å². The summed E-state index contributed by atoms with van der Waals surface area (Å²) in [5.41, 5.74) is 1.81. The molecular weight excluding hydrogens is 384 g/mol. The summed E-state index contributed by atoms with van der Waals surface area (Å²) in [7, 11) is 1.76. The molecule has 3 rings (SSSR count). The molecule has 0 spiro atoms. The highest BCUT2D eigenvalue weighted by Crippen LogP contribution is 2.19. The zero-order valence-corrected chi connectivity index (χ0v) is 17.4. The van der Waals surface area contributed by atoms with Crippen molar-refractivity contribution < 1.29 is 4.79 Å². The Morgan fingerprint density at radius 2 is 2.14 bits per heavy atom. The average molecular weight is 411 g/mol. The Balaban J connectivity index is 1.48. The standard InChI is InChI=1S/C21H26N6OS/c1-16(19-8-4-11-29-19)13-23-21(22-2)24-14-17-6-3-7-18(12-17)26-20(28)15-27-10-5-9-25-27/h3-12,16H,13-15H2,1-2H3,(H,26,28)(H2,22,23,24). The van der Waals surface area contributed by atoms with Gasteiger partial charge in [0.25, 0.3) is 0 Å². The lowest BCUT2D eigenvalue weighted by atomic mass is 10.1. The summed E-state index contributed by atoms with van der Waals surface area (Å²) in [6, 6.07) is 13.8. The maximum Gasteiger partial charge on any atom is 0.246 e. The first kappa shape index (κ1) is 20.6. The van der Waals surface area contributed by atoms with Gasteiger partial charge in [-0.2, -0.15) is 5.10 Å². The fourth-order valence-electron chi connectivity index (χ4n) is 2.83. The van der Waals surface area contributed by atoms with Crippen LogP contribution in [0.4, 0.5) is 5.69 Å². The van der Waals surface area contributed by atoms with Crippen LogP contribution >= 0.6 is 11.3 Å². The van der Waals surface area contributed by atoms with Crippen molar-refractivity contribution >= 4 is 28.9 Å². The number of rotatable bonds is 8. The molecule has 3 aromatic rings. The van der Waals surface area contributed by atoms with E-state index in [1.165, 1.54) is 4.88 Å². The molecule has 1 aromatic carbocycles. The van der Waals surface area contributed by atoms with Gasteiger partial charge in [-0.05, 0) is 35.2 Å². The van der Waals surface area contributed by atoms with E-state index in [1.54, 1.807) is 41.5 Å². The molecule has 0 bridgehead atoms. The van der Waals surface area contributed by atoms with Gasteiger partial charge in [0.1, 0.15) is 6.54 Å². The van der Waals surface area contributed by atoms with Gasteiger partial charge in [0.05, 0.1) is 0 Å². The smallest absolute Gasteiger partial charge is 0.246 e. The molecule has 0 saturated carbocycles. The Hall–Kier alpha value is -3.13. The molecule has 0 aliphatic heterocycles. The minimum atomic E-state index is -0.112. The zero-order chi connectivity index (χ0) is 20.5. The summed E-state index contributed by atoms with van der Waals surface area (Å²) < 4.78 is 1.59. The van der Waals surface area contributed by atoms with Gasteiger partial charge in [-0.3, -0.25) is 14.5 Å². The van der Waals surface area contributed by atoms with Crippen molar-refractivity contribution in [1.82, 2.24) is 20.4 Å². The van der Waals surface area contributed by atoms with Crippen LogP contribution in [0, 0.1) is 0 Å².